The first-order valence-electron chi connectivity index (χ1n) is 8.02. The van der Waals surface area contributed by atoms with Gasteiger partial charge in [-0.05, 0) is 18.9 Å². The van der Waals surface area contributed by atoms with Gasteiger partial charge in [0.2, 0.25) is 11.8 Å². The van der Waals surface area contributed by atoms with Crippen molar-refractivity contribution in [3.63, 3.8) is 0 Å². The molecule has 1 unspecified atom stereocenters. The van der Waals surface area contributed by atoms with Gasteiger partial charge in [0.05, 0.1) is 26.3 Å². The number of ether oxygens (including phenoxy) is 3. The molecule has 1 aliphatic heterocycles. The summed E-state index contributed by atoms with van der Waals surface area (Å²) in [4.78, 5) is 26.6. The first-order valence-corrected chi connectivity index (χ1v) is 8.02. The van der Waals surface area contributed by atoms with Crippen molar-refractivity contribution in [2.24, 2.45) is 0 Å². The van der Waals surface area contributed by atoms with Gasteiger partial charge in [-0.25, -0.2) is 9.97 Å². The normalized spacial score (nSPS) is 17.0. The molecule has 132 valence electrons. The molecular weight excluding hydrogens is 324 g/mol. The molecule has 1 saturated heterocycles. The number of aromatic nitrogens is 3. The predicted molar refractivity (Wildman–Crippen MR) is 88.9 cm³/mol. The van der Waals surface area contributed by atoms with Crippen LogP contribution < -0.4 is 14.2 Å². The van der Waals surface area contributed by atoms with E-state index >= 15 is 0 Å². The second-order valence-electron chi connectivity index (χ2n) is 5.60. The SMILES string of the molecule is COc1ccc(C(=O)N2CCCC(Oc3ccnc(OC)n3)C2)cn1. The van der Waals surface area contributed by atoms with Gasteiger partial charge in [0.1, 0.15) is 6.10 Å². The van der Waals surface area contributed by atoms with Crippen molar-refractivity contribution in [2.75, 3.05) is 27.3 Å². The van der Waals surface area contributed by atoms with Gasteiger partial charge in [-0.1, -0.05) is 0 Å². The lowest BCUT2D eigenvalue weighted by atomic mass is 10.1. The molecule has 0 aromatic carbocycles. The van der Waals surface area contributed by atoms with Crippen molar-refractivity contribution < 1.29 is 19.0 Å². The zero-order valence-corrected chi connectivity index (χ0v) is 14.2. The second kappa shape index (κ2) is 7.78. The van der Waals surface area contributed by atoms with Crippen LogP contribution in [0.25, 0.3) is 0 Å². The Balaban J connectivity index is 1.64. The van der Waals surface area contributed by atoms with Gasteiger partial charge in [-0.2, -0.15) is 4.98 Å². The third-order valence-corrected chi connectivity index (χ3v) is 3.94. The smallest absolute Gasteiger partial charge is 0.319 e. The Bertz CT molecular complexity index is 723. The highest BCUT2D eigenvalue weighted by molar-refractivity contribution is 5.94. The van der Waals surface area contributed by atoms with E-state index in [1.807, 2.05) is 0 Å². The Labute approximate surface area is 145 Å². The minimum absolute atomic E-state index is 0.0660. The number of amides is 1. The summed E-state index contributed by atoms with van der Waals surface area (Å²) in [6, 6.07) is 5.33. The molecule has 25 heavy (non-hydrogen) atoms. The van der Waals surface area contributed by atoms with E-state index in [-0.39, 0.29) is 18.0 Å². The highest BCUT2D eigenvalue weighted by Gasteiger charge is 2.26. The van der Waals surface area contributed by atoms with Crippen molar-refractivity contribution >= 4 is 5.91 Å². The molecule has 2 aromatic rings. The molecule has 1 atom stereocenters. The Morgan fingerprint density at radius 1 is 1.16 bits per heavy atom. The van der Waals surface area contributed by atoms with Gasteiger partial charge < -0.3 is 19.1 Å². The fraction of sp³-hybridized carbons (Fsp3) is 0.412. The standard InChI is InChI=1S/C17H20N4O4/c1-23-14-6-5-12(10-19-14)16(22)21-9-3-4-13(11-21)25-15-7-8-18-17(20-15)24-2/h5-8,10,13H,3-4,9,11H2,1-2H3. The lowest BCUT2D eigenvalue weighted by molar-refractivity contribution is 0.0525. The minimum Gasteiger partial charge on any atom is -0.481 e. The molecule has 1 aliphatic rings. The van der Waals surface area contributed by atoms with Crippen LogP contribution in [0.3, 0.4) is 0 Å². The molecule has 3 heterocycles. The summed E-state index contributed by atoms with van der Waals surface area (Å²) in [6.45, 7) is 1.19. The van der Waals surface area contributed by atoms with Crippen LogP contribution in [0.15, 0.2) is 30.6 Å². The van der Waals surface area contributed by atoms with Crippen molar-refractivity contribution in [3.8, 4) is 17.8 Å². The number of carbonyl (C=O) groups excluding carboxylic acids is 1. The Morgan fingerprint density at radius 3 is 2.76 bits per heavy atom. The molecule has 8 heteroatoms. The third kappa shape index (κ3) is 4.14. The van der Waals surface area contributed by atoms with Crippen molar-refractivity contribution in [1.82, 2.24) is 19.9 Å². The maximum absolute atomic E-state index is 12.6. The van der Waals surface area contributed by atoms with Crippen molar-refractivity contribution in [2.45, 2.75) is 18.9 Å². The van der Waals surface area contributed by atoms with Gasteiger partial charge in [0.25, 0.3) is 5.91 Å². The van der Waals surface area contributed by atoms with E-state index in [1.165, 1.54) is 13.3 Å². The number of carbonyl (C=O) groups is 1. The maximum Gasteiger partial charge on any atom is 0.319 e. The van der Waals surface area contributed by atoms with Crippen LogP contribution in [0, 0.1) is 0 Å². The fourth-order valence-corrected chi connectivity index (χ4v) is 2.69. The van der Waals surface area contributed by atoms with Gasteiger partial charge in [0.15, 0.2) is 0 Å². The van der Waals surface area contributed by atoms with Crippen molar-refractivity contribution in [3.05, 3.63) is 36.2 Å². The van der Waals surface area contributed by atoms with E-state index in [1.54, 1.807) is 36.4 Å². The van der Waals surface area contributed by atoms with Crippen LogP contribution in [0.4, 0.5) is 0 Å². The highest BCUT2D eigenvalue weighted by atomic mass is 16.5. The zero-order chi connectivity index (χ0) is 17.6. The summed E-state index contributed by atoms with van der Waals surface area (Å²) in [7, 11) is 3.04. The summed E-state index contributed by atoms with van der Waals surface area (Å²) in [5.41, 5.74) is 0.533. The number of rotatable bonds is 5. The average Bonchev–Trinajstić information content (AvgIpc) is 2.68. The van der Waals surface area contributed by atoms with Crippen LogP contribution in [-0.4, -0.2) is 59.2 Å². The molecule has 0 saturated carbocycles. The number of likely N-dealkylation sites (tertiary alicyclic amines) is 1. The highest BCUT2D eigenvalue weighted by Crippen LogP contribution is 2.19. The molecule has 0 bridgehead atoms. The number of methoxy groups -OCH3 is 2. The number of nitrogens with zero attached hydrogens (tertiary/aromatic N) is 4. The lowest BCUT2D eigenvalue weighted by Crippen LogP contribution is -2.44. The third-order valence-electron chi connectivity index (χ3n) is 3.94. The summed E-state index contributed by atoms with van der Waals surface area (Å²) < 4.78 is 15.9. The minimum atomic E-state index is -0.122. The monoisotopic (exact) mass is 344 g/mol. The number of hydrogen-bond acceptors (Lipinski definition) is 7. The quantitative estimate of drug-likeness (QED) is 0.813. The van der Waals surface area contributed by atoms with E-state index in [4.69, 9.17) is 14.2 Å². The predicted octanol–water partition coefficient (Wildman–Crippen LogP) is 1.57. The van der Waals surface area contributed by atoms with Gasteiger partial charge in [0, 0.05) is 31.1 Å². The number of pyridine rings is 1. The largest absolute Gasteiger partial charge is 0.481 e. The summed E-state index contributed by atoms with van der Waals surface area (Å²) in [5, 5.41) is 0. The van der Waals surface area contributed by atoms with Gasteiger partial charge in [-0.15, -0.1) is 0 Å². The Kier molecular flexibility index (Phi) is 5.27. The molecule has 2 aromatic heterocycles. The van der Waals surface area contributed by atoms with Crippen LogP contribution in [0.2, 0.25) is 0 Å². The van der Waals surface area contributed by atoms with Crippen molar-refractivity contribution in [1.29, 1.82) is 0 Å². The van der Waals surface area contributed by atoms with E-state index in [0.717, 1.165) is 12.8 Å². The van der Waals surface area contributed by atoms with Crippen LogP contribution in [0.5, 0.6) is 17.8 Å². The molecule has 0 aliphatic carbocycles. The summed E-state index contributed by atoms with van der Waals surface area (Å²) >= 11 is 0. The fourth-order valence-electron chi connectivity index (χ4n) is 2.69. The molecular formula is C17H20N4O4. The molecule has 1 fully saturated rings. The topological polar surface area (TPSA) is 86.7 Å². The van der Waals surface area contributed by atoms with Crippen LogP contribution in [-0.2, 0) is 0 Å². The molecule has 1 amide bonds. The maximum atomic E-state index is 12.6. The molecule has 0 radical (unpaired) electrons. The Morgan fingerprint density at radius 2 is 2.04 bits per heavy atom. The average molecular weight is 344 g/mol. The zero-order valence-electron chi connectivity index (χ0n) is 14.2. The summed E-state index contributed by atoms with van der Waals surface area (Å²) in [6.07, 6.45) is 4.71. The molecule has 0 N–H and O–H groups in total. The summed E-state index contributed by atoms with van der Waals surface area (Å²) in [5.74, 6) is 0.857. The molecule has 3 rings (SSSR count). The van der Waals surface area contributed by atoms with E-state index in [2.05, 4.69) is 15.0 Å². The molecule has 8 nitrogen and oxygen atoms in total. The van der Waals surface area contributed by atoms with Crippen LogP contribution in [0.1, 0.15) is 23.2 Å². The van der Waals surface area contributed by atoms with E-state index in [9.17, 15) is 4.79 Å². The van der Waals surface area contributed by atoms with E-state index in [0.29, 0.717) is 30.4 Å². The Hall–Kier alpha value is -2.90. The van der Waals surface area contributed by atoms with Gasteiger partial charge in [-0.3, -0.25) is 4.79 Å². The molecule has 0 spiro atoms. The lowest BCUT2D eigenvalue weighted by Gasteiger charge is -2.32. The first kappa shape index (κ1) is 16.9. The number of piperidine rings is 1. The van der Waals surface area contributed by atoms with Crippen LogP contribution >= 0.6 is 0 Å². The second-order valence-corrected chi connectivity index (χ2v) is 5.60. The number of hydrogen-bond donors (Lipinski definition) is 0. The first-order chi connectivity index (χ1) is 12.2. The van der Waals surface area contributed by atoms with E-state index < -0.39 is 0 Å². The van der Waals surface area contributed by atoms with Gasteiger partial charge >= 0.3 is 6.01 Å².